The predicted octanol–water partition coefficient (Wildman–Crippen LogP) is 2.46. The number of thiazole rings is 1. The van der Waals surface area contributed by atoms with Crippen LogP contribution in [0.2, 0.25) is 0 Å². The van der Waals surface area contributed by atoms with Crippen molar-refractivity contribution in [3.8, 4) is 11.4 Å². The minimum Gasteiger partial charge on any atom is -0.354 e. The molecular formula is C15H20Cl2N4OS. The highest BCUT2D eigenvalue weighted by Gasteiger charge is 2.21. The fourth-order valence-electron chi connectivity index (χ4n) is 2.38. The van der Waals surface area contributed by atoms with Crippen molar-refractivity contribution in [2.24, 2.45) is 0 Å². The van der Waals surface area contributed by atoms with E-state index in [0.29, 0.717) is 6.54 Å². The zero-order valence-electron chi connectivity index (χ0n) is 12.5. The molecular weight excluding hydrogens is 355 g/mol. The van der Waals surface area contributed by atoms with Crippen LogP contribution >= 0.6 is 36.2 Å². The highest BCUT2D eigenvalue weighted by molar-refractivity contribution is 7.09. The van der Waals surface area contributed by atoms with Gasteiger partial charge in [0.15, 0.2) is 0 Å². The molecule has 1 atom stereocenters. The summed E-state index contributed by atoms with van der Waals surface area (Å²) in [6, 6.07) is 5.79. The molecule has 1 aliphatic rings. The summed E-state index contributed by atoms with van der Waals surface area (Å²) >= 11 is 1.61. The number of hydrogen-bond acceptors (Lipinski definition) is 5. The monoisotopic (exact) mass is 374 g/mol. The first-order valence-electron chi connectivity index (χ1n) is 7.20. The Hall–Kier alpha value is -1.21. The van der Waals surface area contributed by atoms with Crippen LogP contribution in [0.3, 0.4) is 0 Å². The first-order chi connectivity index (χ1) is 10.3. The number of pyridine rings is 1. The van der Waals surface area contributed by atoms with E-state index in [0.717, 1.165) is 42.2 Å². The second kappa shape index (κ2) is 9.82. The van der Waals surface area contributed by atoms with Gasteiger partial charge < -0.3 is 10.6 Å². The van der Waals surface area contributed by atoms with Crippen LogP contribution in [0.4, 0.5) is 0 Å². The first-order valence-corrected chi connectivity index (χ1v) is 8.08. The second-order valence-corrected chi connectivity index (χ2v) is 5.97. The van der Waals surface area contributed by atoms with Gasteiger partial charge in [-0.05, 0) is 31.5 Å². The summed E-state index contributed by atoms with van der Waals surface area (Å²) in [7, 11) is 0. The summed E-state index contributed by atoms with van der Waals surface area (Å²) in [4.78, 5) is 20.7. The molecule has 1 fully saturated rings. The molecule has 8 heteroatoms. The molecule has 5 nitrogen and oxygen atoms in total. The molecule has 0 radical (unpaired) electrons. The van der Waals surface area contributed by atoms with Gasteiger partial charge in [-0.3, -0.25) is 9.78 Å². The number of hydrogen-bond donors (Lipinski definition) is 2. The van der Waals surface area contributed by atoms with Gasteiger partial charge in [-0.2, -0.15) is 0 Å². The minimum atomic E-state index is -0.00891. The molecule has 0 aromatic carbocycles. The van der Waals surface area contributed by atoms with Crippen LogP contribution in [0.25, 0.3) is 11.4 Å². The molecule has 2 aromatic rings. The zero-order valence-corrected chi connectivity index (χ0v) is 15.0. The lowest BCUT2D eigenvalue weighted by atomic mass is 10.2. The van der Waals surface area contributed by atoms with Crippen molar-refractivity contribution in [1.82, 2.24) is 20.6 Å². The topological polar surface area (TPSA) is 66.9 Å². The summed E-state index contributed by atoms with van der Waals surface area (Å²) in [6.07, 6.45) is 4.55. The number of nitrogens with zero attached hydrogens (tertiary/aromatic N) is 2. The van der Waals surface area contributed by atoms with Crippen LogP contribution in [0, 0.1) is 0 Å². The van der Waals surface area contributed by atoms with E-state index in [9.17, 15) is 4.79 Å². The molecule has 126 valence electrons. The van der Waals surface area contributed by atoms with Gasteiger partial charge in [-0.1, -0.05) is 6.07 Å². The quantitative estimate of drug-likeness (QED) is 0.843. The van der Waals surface area contributed by atoms with Crippen molar-refractivity contribution in [3.63, 3.8) is 0 Å². The fraction of sp³-hybridized carbons (Fsp3) is 0.400. The summed E-state index contributed by atoms with van der Waals surface area (Å²) in [6.45, 7) is 1.57. The maximum absolute atomic E-state index is 11.9. The Morgan fingerprint density at radius 3 is 2.91 bits per heavy atom. The van der Waals surface area contributed by atoms with Gasteiger partial charge in [0.25, 0.3) is 0 Å². The minimum absolute atomic E-state index is 0. The number of rotatable bonds is 5. The van der Waals surface area contributed by atoms with Crippen molar-refractivity contribution < 1.29 is 4.79 Å². The second-order valence-electron chi connectivity index (χ2n) is 5.03. The van der Waals surface area contributed by atoms with E-state index in [1.807, 2.05) is 23.6 Å². The molecule has 3 heterocycles. The highest BCUT2D eigenvalue weighted by Crippen LogP contribution is 2.19. The predicted molar refractivity (Wildman–Crippen MR) is 97.6 cm³/mol. The number of nitrogens with one attached hydrogen (secondary N) is 2. The van der Waals surface area contributed by atoms with Gasteiger partial charge in [0.1, 0.15) is 0 Å². The van der Waals surface area contributed by atoms with E-state index in [1.54, 1.807) is 17.5 Å². The lowest BCUT2D eigenvalue weighted by molar-refractivity contribution is -0.122. The molecule has 2 aromatic heterocycles. The van der Waals surface area contributed by atoms with E-state index in [2.05, 4.69) is 20.6 Å². The van der Waals surface area contributed by atoms with Crippen LogP contribution < -0.4 is 10.6 Å². The molecule has 0 unspecified atom stereocenters. The van der Waals surface area contributed by atoms with E-state index in [1.165, 1.54) is 0 Å². The number of halogens is 2. The summed E-state index contributed by atoms with van der Waals surface area (Å²) < 4.78 is 0. The lowest BCUT2D eigenvalue weighted by Gasteiger charge is -2.10. The SMILES string of the molecule is Cl.Cl.O=C(NCCc1nc(-c2ccccn2)cs1)[C@@H]1CCCN1. The van der Waals surface area contributed by atoms with Gasteiger partial charge in [0.2, 0.25) is 5.91 Å². The Labute approximate surface area is 152 Å². The Morgan fingerprint density at radius 2 is 2.22 bits per heavy atom. The maximum Gasteiger partial charge on any atom is 0.237 e. The van der Waals surface area contributed by atoms with Gasteiger partial charge >= 0.3 is 0 Å². The van der Waals surface area contributed by atoms with Crippen molar-refractivity contribution in [2.75, 3.05) is 13.1 Å². The molecule has 23 heavy (non-hydrogen) atoms. The van der Waals surface area contributed by atoms with Crippen LogP contribution in [-0.4, -0.2) is 35.0 Å². The van der Waals surface area contributed by atoms with Gasteiger partial charge in [0.05, 0.1) is 22.4 Å². The molecule has 1 amide bonds. The third kappa shape index (κ3) is 5.42. The van der Waals surface area contributed by atoms with E-state index in [4.69, 9.17) is 0 Å². The smallest absolute Gasteiger partial charge is 0.237 e. The zero-order chi connectivity index (χ0) is 14.5. The normalized spacial score (nSPS) is 16.3. The average Bonchev–Trinajstić information content (AvgIpc) is 3.20. The molecule has 1 aliphatic heterocycles. The summed E-state index contributed by atoms with van der Waals surface area (Å²) in [5.74, 6) is 0.106. The summed E-state index contributed by atoms with van der Waals surface area (Å²) in [5.41, 5.74) is 1.79. The maximum atomic E-state index is 11.9. The average molecular weight is 375 g/mol. The Bertz CT molecular complexity index is 603. The fourth-order valence-corrected chi connectivity index (χ4v) is 3.17. The van der Waals surface area contributed by atoms with Crippen LogP contribution in [-0.2, 0) is 11.2 Å². The third-order valence-electron chi connectivity index (χ3n) is 3.49. The van der Waals surface area contributed by atoms with E-state index >= 15 is 0 Å². The lowest BCUT2D eigenvalue weighted by Crippen LogP contribution is -2.41. The Balaban J connectivity index is 0.00000132. The van der Waals surface area contributed by atoms with Crippen molar-refractivity contribution in [2.45, 2.75) is 25.3 Å². The number of carbonyl (C=O) groups excluding carboxylic acids is 1. The molecule has 0 spiro atoms. The summed E-state index contributed by atoms with van der Waals surface area (Å²) in [5, 5.41) is 9.20. The van der Waals surface area contributed by atoms with E-state index < -0.39 is 0 Å². The highest BCUT2D eigenvalue weighted by atomic mass is 35.5. The number of amides is 1. The molecule has 0 aliphatic carbocycles. The number of aromatic nitrogens is 2. The van der Waals surface area contributed by atoms with Gasteiger partial charge in [-0.15, -0.1) is 36.2 Å². The molecule has 1 saturated heterocycles. The molecule has 3 rings (SSSR count). The van der Waals surface area contributed by atoms with E-state index in [-0.39, 0.29) is 36.8 Å². The molecule has 2 N–H and O–H groups in total. The van der Waals surface area contributed by atoms with Crippen molar-refractivity contribution in [3.05, 3.63) is 34.8 Å². The third-order valence-corrected chi connectivity index (χ3v) is 4.40. The number of carbonyl (C=O) groups is 1. The Kier molecular flexibility index (Phi) is 8.47. The van der Waals surface area contributed by atoms with Crippen molar-refractivity contribution in [1.29, 1.82) is 0 Å². The van der Waals surface area contributed by atoms with Crippen molar-refractivity contribution >= 4 is 42.1 Å². The standard InChI is InChI=1S/C15H18N4OS.2ClH/c20-15(12-5-3-8-17-12)18-9-6-14-19-13(10-21-14)11-4-1-2-7-16-11;;/h1-2,4,7,10,12,17H,3,5-6,8-9H2,(H,18,20);2*1H/t12-;;/m0../s1. The van der Waals surface area contributed by atoms with Crippen LogP contribution in [0.15, 0.2) is 29.8 Å². The first kappa shape index (κ1) is 19.8. The molecule has 0 saturated carbocycles. The van der Waals surface area contributed by atoms with Crippen LogP contribution in [0.5, 0.6) is 0 Å². The van der Waals surface area contributed by atoms with Gasteiger partial charge in [0, 0.05) is 24.5 Å². The Morgan fingerprint density at radius 1 is 1.35 bits per heavy atom. The van der Waals surface area contributed by atoms with Crippen LogP contribution in [0.1, 0.15) is 17.8 Å². The van der Waals surface area contributed by atoms with Gasteiger partial charge in [-0.25, -0.2) is 4.98 Å². The molecule has 0 bridgehead atoms. The largest absolute Gasteiger partial charge is 0.354 e.